The summed E-state index contributed by atoms with van der Waals surface area (Å²) in [6, 6.07) is 13.4. The fourth-order valence-electron chi connectivity index (χ4n) is 3.87. The number of alkyl halides is 3. The molecule has 0 saturated carbocycles. The van der Waals surface area contributed by atoms with Crippen LogP contribution in [0.2, 0.25) is 0 Å². The van der Waals surface area contributed by atoms with Gasteiger partial charge in [0.15, 0.2) is 0 Å². The number of nitrogens with zero attached hydrogens (tertiary/aromatic N) is 3. The van der Waals surface area contributed by atoms with Gasteiger partial charge in [0, 0.05) is 31.8 Å². The molecule has 3 nitrogen and oxygen atoms in total. The van der Waals surface area contributed by atoms with E-state index >= 15 is 0 Å². The third kappa shape index (κ3) is 5.62. The zero-order chi connectivity index (χ0) is 20.4. The van der Waals surface area contributed by atoms with Crippen LogP contribution in [0, 0.1) is 0 Å². The van der Waals surface area contributed by atoms with E-state index in [2.05, 4.69) is 28.9 Å². The van der Waals surface area contributed by atoms with E-state index in [1.807, 2.05) is 18.2 Å². The van der Waals surface area contributed by atoms with Gasteiger partial charge in [-0.05, 0) is 42.3 Å². The van der Waals surface area contributed by atoms with E-state index in [0.717, 1.165) is 73.1 Å². The first-order valence-electron chi connectivity index (χ1n) is 9.98. The zero-order valence-electron chi connectivity index (χ0n) is 17.2. The number of rotatable bonds is 2. The standard InChI is InChI=1S/C23H24F3N3.2ClH/c1-2-28-13-15-29(16-14-28)22-20(12-9-18-5-3-4-6-21(18)27-22)17-7-10-19(11-8-17)23(24,25)26;;/h3-8,10-12H,2,9,13-16H2,1H3;2*1H. The van der Waals surface area contributed by atoms with Crippen molar-refractivity contribution in [2.45, 2.75) is 19.5 Å². The quantitative estimate of drug-likeness (QED) is 0.546. The highest BCUT2D eigenvalue weighted by Gasteiger charge is 2.30. The van der Waals surface area contributed by atoms with Gasteiger partial charge in [-0.15, -0.1) is 24.8 Å². The van der Waals surface area contributed by atoms with E-state index in [4.69, 9.17) is 4.99 Å². The average Bonchev–Trinajstić information content (AvgIpc) is 2.93. The Morgan fingerprint density at radius 1 is 0.903 bits per heavy atom. The maximum atomic E-state index is 13.0. The number of halogens is 5. The first kappa shape index (κ1) is 25.2. The van der Waals surface area contributed by atoms with Gasteiger partial charge in [-0.3, -0.25) is 0 Å². The topological polar surface area (TPSA) is 18.8 Å². The first-order chi connectivity index (χ1) is 14.0. The summed E-state index contributed by atoms with van der Waals surface area (Å²) in [6.45, 7) is 6.79. The lowest BCUT2D eigenvalue weighted by molar-refractivity contribution is -0.137. The molecule has 2 aromatic carbocycles. The van der Waals surface area contributed by atoms with E-state index in [1.165, 1.54) is 0 Å². The lowest BCUT2D eigenvalue weighted by atomic mass is 10.00. The number of fused-ring (bicyclic) bond motifs is 1. The fourth-order valence-corrected chi connectivity index (χ4v) is 3.87. The van der Waals surface area contributed by atoms with Crippen LogP contribution in [0.1, 0.15) is 23.6 Å². The second-order valence-electron chi connectivity index (χ2n) is 7.38. The van der Waals surface area contributed by atoms with Crippen LogP contribution in [-0.2, 0) is 12.6 Å². The fraction of sp³-hybridized carbons (Fsp3) is 0.348. The monoisotopic (exact) mass is 471 g/mol. The molecule has 31 heavy (non-hydrogen) atoms. The highest BCUT2D eigenvalue weighted by molar-refractivity contribution is 6.23. The zero-order valence-corrected chi connectivity index (χ0v) is 18.9. The predicted octanol–water partition coefficient (Wildman–Crippen LogP) is 5.86. The second kappa shape index (κ2) is 10.5. The van der Waals surface area contributed by atoms with Gasteiger partial charge in [0.1, 0.15) is 5.84 Å². The molecule has 2 heterocycles. The minimum absolute atomic E-state index is 0. The van der Waals surface area contributed by atoms with Gasteiger partial charge in [0.25, 0.3) is 0 Å². The van der Waals surface area contributed by atoms with Gasteiger partial charge in [0.05, 0.1) is 11.3 Å². The van der Waals surface area contributed by atoms with Crippen LogP contribution in [0.15, 0.2) is 59.6 Å². The number of benzene rings is 2. The number of amidine groups is 1. The third-order valence-electron chi connectivity index (χ3n) is 5.63. The van der Waals surface area contributed by atoms with E-state index in [1.54, 1.807) is 12.1 Å². The minimum atomic E-state index is -4.33. The van der Waals surface area contributed by atoms with Crippen molar-refractivity contribution in [1.29, 1.82) is 0 Å². The van der Waals surface area contributed by atoms with Gasteiger partial charge in [0.2, 0.25) is 0 Å². The summed E-state index contributed by atoms with van der Waals surface area (Å²) in [7, 11) is 0. The van der Waals surface area contributed by atoms with Crippen molar-refractivity contribution in [3.05, 3.63) is 71.3 Å². The van der Waals surface area contributed by atoms with Gasteiger partial charge in [-0.2, -0.15) is 13.2 Å². The molecule has 2 aromatic rings. The molecule has 4 rings (SSSR count). The lowest BCUT2D eigenvalue weighted by Crippen LogP contribution is -2.48. The van der Waals surface area contributed by atoms with Crippen LogP contribution in [0.3, 0.4) is 0 Å². The molecule has 2 aliphatic rings. The SMILES string of the molecule is CCN1CCN(C2=Nc3ccccc3CC=C2c2ccc(C(F)(F)F)cc2)CC1.Cl.Cl. The Balaban J connectivity index is 0.00000171. The summed E-state index contributed by atoms with van der Waals surface area (Å²) in [5.74, 6) is 0.852. The third-order valence-corrected chi connectivity index (χ3v) is 5.63. The largest absolute Gasteiger partial charge is 0.416 e. The molecule has 0 atom stereocenters. The van der Waals surface area contributed by atoms with E-state index in [-0.39, 0.29) is 24.8 Å². The number of para-hydroxylation sites is 1. The number of hydrogen-bond donors (Lipinski definition) is 0. The van der Waals surface area contributed by atoms with E-state index in [0.29, 0.717) is 6.42 Å². The molecule has 0 aromatic heterocycles. The van der Waals surface area contributed by atoms with Crippen molar-refractivity contribution in [3.8, 4) is 0 Å². The molecule has 8 heteroatoms. The van der Waals surface area contributed by atoms with Crippen LogP contribution in [-0.4, -0.2) is 48.4 Å². The van der Waals surface area contributed by atoms with Gasteiger partial charge in [-0.1, -0.05) is 43.3 Å². The Morgan fingerprint density at radius 2 is 1.55 bits per heavy atom. The van der Waals surface area contributed by atoms with Crippen LogP contribution in [0.4, 0.5) is 18.9 Å². The molecular weight excluding hydrogens is 446 g/mol. The van der Waals surface area contributed by atoms with Crippen LogP contribution in [0.5, 0.6) is 0 Å². The molecule has 0 N–H and O–H groups in total. The van der Waals surface area contributed by atoms with Crippen molar-refractivity contribution < 1.29 is 13.2 Å². The summed E-state index contributed by atoms with van der Waals surface area (Å²) in [5, 5.41) is 0. The molecule has 0 unspecified atom stereocenters. The second-order valence-corrected chi connectivity index (χ2v) is 7.38. The molecule has 0 aliphatic carbocycles. The Kier molecular flexibility index (Phi) is 8.57. The van der Waals surface area contributed by atoms with Gasteiger partial charge >= 0.3 is 6.18 Å². The van der Waals surface area contributed by atoms with Crippen LogP contribution in [0.25, 0.3) is 5.57 Å². The highest BCUT2D eigenvalue weighted by atomic mass is 35.5. The summed E-state index contributed by atoms with van der Waals surface area (Å²) < 4.78 is 39.0. The summed E-state index contributed by atoms with van der Waals surface area (Å²) >= 11 is 0. The summed E-state index contributed by atoms with van der Waals surface area (Å²) in [4.78, 5) is 9.63. The molecule has 0 amide bonds. The van der Waals surface area contributed by atoms with Crippen LogP contribution >= 0.6 is 24.8 Å². The van der Waals surface area contributed by atoms with Crippen molar-refractivity contribution in [3.63, 3.8) is 0 Å². The summed E-state index contributed by atoms with van der Waals surface area (Å²) in [5.41, 5.74) is 3.09. The Labute approximate surface area is 193 Å². The smallest absolute Gasteiger partial charge is 0.354 e. The molecule has 0 bridgehead atoms. The number of likely N-dealkylation sites (N-methyl/N-ethyl adjacent to an activating group) is 1. The first-order valence-corrected chi connectivity index (χ1v) is 9.98. The normalized spacial score (nSPS) is 16.8. The van der Waals surface area contributed by atoms with Gasteiger partial charge < -0.3 is 9.80 Å². The van der Waals surface area contributed by atoms with Crippen molar-refractivity contribution >= 4 is 41.9 Å². The van der Waals surface area contributed by atoms with Gasteiger partial charge in [-0.25, -0.2) is 4.99 Å². The van der Waals surface area contributed by atoms with Crippen molar-refractivity contribution in [2.24, 2.45) is 4.99 Å². The van der Waals surface area contributed by atoms with Crippen LogP contribution < -0.4 is 0 Å². The maximum absolute atomic E-state index is 13.0. The molecule has 2 aliphatic heterocycles. The molecule has 0 spiro atoms. The Morgan fingerprint density at radius 3 is 2.16 bits per heavy atom. The van der Waals surface area contributed by atoms with E-state index in [9.17, 15) is 13.2 Å². The van der Waals surface area contributed by atoms with Crippen molar-refractivity contribution in [2.75, 3.05) is 32.7 Å². The number of aliphatic imine (C=N–C) groups is 1. The van der Waals surface area contributed by atoms with Crippen molar-refractivity contribution in [1.82, 2.24) is 9.80 Å². The maximum Gasteiger partial charge on any atom is 0.416 e. The van der Waals surface area contributed by atoms with E-state index < -0.39 is 11.7 Å². The number of hydrogen-bond acceptors (Lipinski definition) is 3. The molecule has 1 saturated heterocycles. The molecular formula is C23H26Cl2F3N3. The minimum Gasteiger partial charge on any atom is -0.354 e. The number of piperazine rings is 1. The highest BCUT2D eigenvalue weighted by Crippen LogP contribution is 2.33. The number of allylic oxidation sites excluding steroid dienone is 1. The predicted molar refractivity (Wildman–Crippen MR) is 125 cm³/mol. The Bertz CT molecular complexity index is 932. The molecule has 1 fully saturated rings. The summed E-state index contributed by atoms with van der Waals surface area (Å²) in [6.07, 6.45) is -1.53. The average molecular weight is 472 g/mol. The Hall–Kier alpha value is -2.02. The molecule has 168 valence electrons. The lowest BCUT2D eigenvalue weighted by Gasteiger charge is -2.36. The molecule has 0 radical (unpaired) electrons.